The van der Waals surface area contributed by atoms with Gasteiger partial charge in [0, 0.05) is 38.3 Å². The van der Waals surface area contributed by atoms with E-state index in [1.807, 2.05) is 34.1 Å². The van der Waals surface area contributed by atoms with E-state index < -0.39 is 17.8 Å². The number of hydrogen-bond donors (Lipinski definition) is 1. The van der Waals surface area contributed by atoms with Crippen LogP contribution in [-0.4, -0.2) is 60.9 Å². The van der Waals surface area contributed by atoms with E-state index in [0.717, 1.165) is 29.9 Å². The highest BCUT2D eigenvalue weighted by Crippen LogP contribution is 2.29. The number of methoxy groups -OCH3 is 1. The van der Waals surface area contributed by atoms with Crippen molar-refractivity contribution in [3.05, 3.63) is 59.7 Å². The molecule has 1 atom stereocenters. The summed E-state index contributed by atoms with van der Waals surface area (Å²) in [6.07, 6.45) is -2.61. The highest BCUT2D eigenvalue weighted by atomic mass is 19.4. The molecule has 2 amide bonds. The van der Waals surface area contributed by atoms with Crippen molar-refractivity contribution in [3.63, 3.8) is 0 Å². The third-order valence-electron chi connectivity index (χ3n) is 6.08. The Morgan fingerprint density at radius 3 is 2.29 bits per heavy atom. The highest BCUT2D eigenvalue weighted by Gasteiger charge is 2.30. The van der Waals surface area contributed by atoms with Crippen LogP contribution in [0.2, 0.25) is 0 Å². The first-order valence-electron chi connectivity index (χ1n) is 11.3. The molecule has 6 nitrogen and oxygen atoms in total. The van der Waals surface area contributed by atoms with Crippen molar-refractivity contribution in [1.29, 1.82) is 0 Å². The van der Waals surface area contributed by atoms with Gasteiger partial charge in [-0.3, -0.25) is 14.5 Å². The second kappa shape index (κ2) is 11.4. The molecule has 0 bridgehead atoms. The van der Waals surface area contributed by atoms with E-state index in [1.54, 1.807) is 14.0 Å². The Labute approximate surface area is 197 Å². The third-order valence-corrected chi connectivity index (χ3v) is 6.08. The Hall–Kier alpha value is -3.07. The van der Waals surface area contributed by atoms with Gasteiger partial charge >= 0.3 is 6.18 Å². The fourth-order valence-corrected chi connectivity index (χ4v) is 3.93. The van der Waals surface area contributed by atoms with E-state index in [4.69, 9.17) is 4.74 Å². The average Bonchev–Trinajstić information content (AvgIpc) is 3.08. The number of amides is 2. The number of alkyl halides is 3. The van der Waals surface area contributed by atoms with E-state index in [0.29, 0.717) is 44.7 Å². The second-order valence-electron chi connectivity index (χ2n) is 8.36. The summed E-state index contributed by atoms with van der Waals surface area (Å²) < 4.78 is 43.3. The number of anilines is 1. The number of carbonyl (C=O) groups is 2. The van der Waals surface area contributed by atoms with Crippen molar-refractivity contribution >= 4 is 17.5 Å². The first-order chi connectivity index (χ1) is 16.2. The maximum absolute atomic E-state index is 12.7. The summed E-state index contributed by atoms with van der Waals surface area (Å²) in [5, 5.41) is 2.68. The number of carbonyl (C=O) groups excluding carboxylic acids is 2. The zero-order valence-corrected chi connectivity index (χ0v) is 19.4. The molecule has 1 fully saturated rings. The molecule has 34 heavy (non-hydrogen) atoms. The number of hydrogen-bond acceptors (Lipinski definition) is 4. The molecule has 1 saturated heterocycles. The molecule has 2 aromatic rings. The summed E-state index contributed by atoms with van der Waals surface area (Å²) in [5.74, 6) is 0.567. The average molecular weight is 478 g/mol. The Morgan fingerprint density at radius 2 is 1.68 bits per heavy atom. The quantitative estimate of drug-likeness (QED) is 0.649. The van der Waals surface area contributed by atoms with Crippen LogP contribution in [0.15, 0.2) is 48.5 Å². The standard InChI is InChI=1S/C25H30F3N3O3/c1-18(24(33)29-21-9-7-20(8-10-21)25(26,27)28)30-14-3-15-31(17-16-30)23(32)13-6-19-4-11-22(34-2)12-5-19/h4-5,7-12,18H,3,6,13-17H2,1-2H3,(H,29,33). The fourth-order valence-electron chi connectivity index (χ4n) is 3.93. The van der Waals surface area contributed by atoms with Crippen LogP contribution in [0, 0.1) is 0 Å². The van der Waals surface area contributed by atoms with E-state index in [2.05, 4.69) is 5.32 Å². The molecule has 1 N–H and O–H groups in total. The van der Waals surface area contributed by atoms with Crippen molar-refractivity contribution < 1.29 is 27.5 Å². The van der Waals surface area contributed by atoms with Gasteiger partial charge in [0.05, 0.1) is 18.7 Å². The van der Waals surface area contributed by atoms with Crippen molar-refractivity contribution in [1.82, 2.24) is 9.80 Å². The van der Waals surface area contributed by atoms with Gasteiger partial charge in [0.15, 0.2) is 0 Å². The molecule has 0 spiro atoms. The Kier molecular flexibility index (Phi) is 8.55. The first kappa shape index (κ1) is 25.6. The highest BCUT2D eigenvalue weighted by molar-refractivity contribution is 5.94. The zero-order chi connectivity index (χ0) is 24.7. The van der Waals surface area contributed by atoms with Gasteiger partial charge in [0.2, 0.25) is 11.8 Å². The maximum atomic E-state index is 12.7. The molecule has 2 aromatic carbocycles. The van der Waals surface area contributed by atoms with Gasteiger partial charge in [-0.2, -0.15) is 13.2 Å². The molecule has 9 heteroatoms. The number of rotatable bonds is 7. The Balaban J connectivity index is 1.48. The lowest BCUT2D eigenvalue weighted by Crippen LogP contribution is -2.44. The van der Waals surface area contributed by atoms with Crippen LogP contribution in [0.25, 0.3) is 0 Å². The van der Waals surface area contributed by atoms with E-state index in [-0.39, 0.29) is 11.8 Å². The molecule has 0 aromatic heterocycles. The lowest BCUT2D eigenvalue weighted by molar-refractivity contribution is -0.137. The van der Waals surface area contributed by atoms with Gasteiger partial charge in [0.25, 0.3) is 0 Å². The molecular weight excluding hydrogens is 447 g/mol. The molecule has 0 aliphatic carbocycles. The SMILES string of the molecule is COc1ccc(CCC(=O)N2CCCN(C(C)C(=O)Nc3ccc(C(F)(F)F)cc3)CC2)cc1. The number of nitrogens with one attached hydrogen (secondary N) is 1. The van der Waals surface area contributed by atoms with Crippen LogP contribution in [0.1, 0.15) is 30.9 Å². The second-order valence-corrected chi connectivity index (χ2v) is 8.36. The summed E-state index contributed by atoms with van der Waals surface area (Å²) in [4.78, 5) is 29.2. The smallest absolute Gasteiger partial charge is 0.416 e. The zero-order valence-electron chi connectivity index (χ0n) is 19.4. The lowest BCUT2D eigenvalue weighted by atomic mass is 10.1. The number of aryl methyl sites for hydroxylation is 1. The summed E-state index contributed by atoms with van der Waals surface area (Å²) in [6, 6.07) is 11.6. The lowest BCUT2D eigenvalue weighted by Gasteiger charge is -2.27. The summed E-state index contributed by atoms with van der Waals surface area (Å²) in [5.41, 5.74) is 0.622. The maximum Gasteiger partial charge on any atom is 0.416 e. The minimum Gasteiger partial charge on any atom is -0.497 e. The normalized spacial score (nSPS) is 16.0. The minimum absolute atomic E-state index is 0.0829. The van der Waals surface area contributed by atoms with E-state index >= 15 is 0 Å². The van der Waals surface area contributed by atoms with Crippen LogP contribution in [0.4, 0.5) is 18.9 Å². The molecule has 1 aliphatic heterocycles. The summed E-state index contributed by atoms with van der Waals surface area (Å²) in [6.45, 7) is 4.13. The van der Waals surface area contributed by atoms with Crippen LogP contribution >= 0.6 is 0 Å². The molecule has 184 valence electrons. The van der Waals surface area contributed by atoms with Crippen molar-refractivity contribution in [3.8, 4) is 5.75 Å². The molecular formula is C25H30F3N3O3. The van der Waals surface area contributed by atoms with Crippen molar-refractivity contribution in [2.24, 2.45) is 0 Å². The van der Waals surface area contributed by atoms with Crippen molar-refractivity contribution in [2.75, 3.05) is 38.6 Å². The minimum atomic E-state index is -4.42. The topological polar surface area (TPSA) is 61.9 Å². The fraction of sp³-hybridized carbons (Fsp3) is 0.440. The Bertz CT molecular complexity index is 962. The number of ether oxygens (including phenoxy) is 1. The van der Waals surface area contributed by atoms with Gasteiger partial charge < -0.3 is 15.0 Å². The van der Waals surface area contributed by atoms with Gasteiger partial charge in [-0.25, -0.2) is 0 Å². The monoisotopic (exact) mass is 477 g/mol. The predicted molar refractivity (Wildman–Crippen MR) is 124 cm³/mol. The third kappa shape index (κ3) is 6.96. The molecule has 1 unspecified atom stereocenters. The number of nitrogens with zero attached hydrogens (tertiary/aromatic N) is 2. The molecule has 1 heterocycles. The summed E-state index contributed by atoms with van der Waals surface area (Å²) >= 11 is 0. The van der Waals surface area contributed by atoms with Gasteiger partial charge in [-0.05, 0) is 61.7 Å². The van der Waals surface area contributed by atoms with Crippen molar-refractivity contribution in [2.45, 2.75) is 38.4 Å². The van der Waals surface area contributed by atoms with E-state index in [1.165, 1.54) is 12.1 Å². The molecule has 0 radical (unpaired) electrons. The predicted octanol–water partition coefficient (Wildman–Crippen LogP) is 4.21. The van der Waals surface area contributed by atoms with Crippen LogP contribution in [0.3, 0.4) is 0 Å². The van der Waals surface area contributed by atoms with Gasteiger partial charge in [0.1, 0.15) is 5.75 Å². The van der Waals surface area contributed by atoms with Crippen LogP contribution in [-0.2, 0) is 22.2 Å². The molecule has 1 aliphatic rings. The van der Waals surface area contributed by atoms with E-state index in [9.17, 15) is 22.8 Å². The van der Waals surface area contributed by atoms with Crippen LogP contribution < -0.4 is 10.1 Å². The number of halogens is 3. The first-order valence-corrected chi connectivity index (χ1v) is 11.3. The van der Waals surface area contributed by atoms with Gasteiger partial charge in [-0.1, -0.05) is 12.1 Å². The Morgan fingerprint density at radius 1 is 1.00 bits per heavy atom. The summed E-state index contributed by atoms with van der Waals surface area (Å²) in [7, 11) is 1.61. The van der Waals surface area contributed by atoms with Crippen LogP contribution in [0.5, 0.6) is 5.75 Å². The largest absolute Gasteiger partial charge is 0.497 e. The number of benzene rings is 2. The molecule has 3 rings (SSSR count). The van der Waals surface area contributed by atoms with Gasteiger partial charge in [-0.15, -0.1) is 0 Å². The molecule has 0 saturated carbocycles.